The van der Waals surface area contributed by atoms with Crippen LogP contribution in [0.2, 0.25) is 0 Å². The van der Waals surface area contributed by atoms with Crippen molar-refractivity contribution in [1.82, 2.24) is 4.98 Å². The number of hydrogen-bond acceptors (Lipinski definition) is 5. The highest BCUT2D eigenvalue weighted by Crippen LogP contribution is 2.38. The quantitative estimate of drug-likeness (QED) is 0.788. The Balaban J connectivity index is 2.04. The number of aromatic nitrogens is 1. The molecule has 0 aliphatic rings. The zero-order chi connectivity index (χ0) is 15.5. The lowest BCUT2D eigenvalue weighted by Gasteiger charge is -2.05. The molecule has 5 heteroatoms. The molecule has 1 aromatic heterocycles. The molecule has 0 aliphatic heterocycles. The van der Waals surface area contributed by atoms with Crippen molar-refractivity contribution >= 4 is 16.5 Å². The third-order valence-corrected chi connectivity index (χ3v) is 4.29. The van der Waals surface area contributed by atoms with Gasteiger partial charge in [-0.05, 0) is 54.1 Å². The van der Waals surface area contributed by atoms with E-state index >= 15 is 0 Å². The number of methoxy groups -OCH3 is 2. The highest BCUT2D eigenvalue weighted by Gasteiger charge is 2.14. The molecule has 2 N–H and O–H groups in total. The predicted octanol–water partition coefficient (Wildman–Crippen LogP) is 4.08. The van der Waals surface area contributed by atoms with Crippen molar-refractivity contribution in [2.75, 3.05) is 20.0 Å². The molecular formula is C17H16N2O2S. The maximum atomic E-state index is 5.92. The molecule has 0 radical (unpaired) electrons. The molecule has 2 aromatic carbocycles. The lowest BCUT2D eigenvalue weighted by molar-refractivity contribution is 0.414. The summed E-state index contributed by atoms with van der Waals surface area (Å²) in [5, 5.41) is 0.552. The van der Waals surface area contributed by atoms with E-state index in [4.69, 9.17) is 15.2 Å². The molecule has 0 saturated heterocycles. The minimum atomic E-state index is 0.552. The zero-order valence-electron chi connectivity index (χ0n) is 12.4. The van der Waals surface area contributed by atoms with Crippen LogP contribution in [0.25, 0.3) is 21.7 Å². The smallest absolute Gasteiger partial charge is 0.181 e. The van der Waals surface area contributed by atoms with E-state index < -0.39 is 0 Å². The number of nitrogens with two attached hydrogens (primary N) is 1. The Bertz CT molecular complexity index is 699. The lowest BCUT2D eigenvalue weighted by atomic mass is 10.1. The van der Waals surface area contributed by atoms with Crippen molar-refractivity contribution in [3.63, 3.8) is 0 Å². The van der Waals surface area contributed by atoms with Crippen LogP contribution in [0, 0.1) is 0 Å². The summed E-state index contributed by atoms with van der Waals surface area (Å²) in [7, 11) is 3.31. The molecule has 3 aromatic rings. The molecule has 0 unspecified atom stereocenters. The van der Waals surface area contributed by atoms with Gasteiger partial charge in [0.25, 0.3) is 0 Å². The van der Waals surface area contributed by atoms with Gasteiger partial charge in [-0.3, -0.25) is 0 Å². The van der Waals surface area contributed by atoms with Crippen LogP contribution < -0.4 is 15.2 Å². The Morgan fingerprint density at radius 3 is 1.82 bits per heavy atom. The summed E-state index contributed by atoms with van der Waals surface area (Å²) >= 11 is 1.48. The number of ether oxygens (including phenoxy) is 2. The van der Waals surface area contributed by atoms with Gasteiger partial charge in [-0.2, -0.15) is 0 Å². The third-order valence-electron chi connectivity index (χ3n) is 3.36. The number of hydrogen-bond donors (Lipinski definition) is 1. The maximum absolute atomic E-state index is 5.92. The Morgan fingerprint density at radius 2 is 1.32 bits per heavy atom. The van der Waals surface area contributed by atoms with Crippen molar-refractivity contribution in [3.8, 4) is 33.2 Å². The largest absolute Gasteiger partial charge is 0.497 e. The molecule has 3 rings (SSSR count). The minimum Gasteiger partial charge on any atom is -0.497 e. The highest BCUT2D eigenvalue weighted by molar-refractivity contribution is 7.19. The van der Waals surface area contributed by atoms with Crippen LogP contribution in [0.1, 0.15) is 0 Å². The van der Waals surface area contributed by atoms with E-state index in [0.29, 0.717) is 5.13 Å². The molecule has 0 fully saturated rings. The van der Waals surface area contributed by atoms with E-state index in [1.807, 2.05) is 48.5 Å². The SMILES string of the molecule is COc1ccc(-c2nc(N)sc2-c2ccc(OC)cc2)cc1. The second kappa shape index (κ2) is 6.07. The molecule has 22 heavy (non-hydrogen) atoms. The van der Waals surface area contributed by atoms with Crippen LogP contribution in [0.3, 0.4) is 0 Å². The molecule has 4 nitrogen and oxygen atoms in total. The van der Waals surface area contributed by atoms with Gasteiger partial charge in [0.2, 0.25) is 0 Å². The monoisotopic (exact) mass is 312 g/mol. The number of anilines is 1. The van der Waals surface area contributed by atoms with Crippen molar-refractivity contribution in [2.45, 2.75) is 0 Å². The Kier molecular flexibility index (Phi) is 3.98. The first-order chi connectivity index (χ1) is 10.7. The minimum absolute atomic E-state index is 0.552. The van der Waals surface area contributed by atoms with Crippen LogP contribution in [0.15, 0.2) is 48.5 Å². The van der Waals surface area contributed by atoms with Crippen molar-refractivity contribution in [2.24, 2.45) is 0 Å². The number of nitrogen functional groups attached to an aromatic ring is 1. The van der Waals surface area contributed by atoms with Crippen LogP contribution in [0.4, 0.5) is 5.13 Å². The summed E-state index contributed by atoms with van der Waals surface area (Å²) in [5.41, 5.74) is 8.89. The van der Waals surface area contributed by atoms with Gasteiger partial charge >= 0.3 is 0 Å². The van der Waals surface area contributed by atoms with Gasteiger partial charge < -0.3 is 15.2 Å². The molecule has 0 amide bonds. The average molecular weight is 312 g/mol. The summed E-state index contributed by atoms with van der Waals surface area (Å²) < 4.78 is 10.4. The molecule has 0 aliphatic carbocycles. The molecule has 112 valence electrons. The van der Waals surface area contributed by atoms with Gasteiger partial charge in [0.1, 0.15) is 11.5 Å². The van der Waals surface area contributed by atoms with Crippen molar-refractivity contribution in [1.29, 1.82) is 0 Å². The summed E-state index contributed by atoms with van der Waals surface area (Å²) in [6, 6.07) is 15.7. The van der Waals surface area contributed by atoms with E-state index in [1.165, 1.54) is 11.3 Å². The Hall–Kier alpha value is -2.53. The van der Waals surface area contributed by atoms with Gasteiger partial charge in [-0.25, -0.2) is 4.98 Å². The van der Waals surface area contributed by atoms with Gasteiger partial charge in [0.05, 0.1) is 24.8 Å². The fraction of sp³-hybridized carbons (Fsp3) is 0.118. The highest BCUT2D eigenvalue weighted by atomic mass is 32.1. The van der Waals surface area contributed by atoms with Crippen LogP contribution in [-0.2, 0) is 0 Å². The number of nitrogens with zero attached hydrogens (tertiary/aromatic N) is 1. The van der Waals surface area contributed by atoms with Crippen molar-refractivity contribution in [3.05, 3.63) is 48.5 Å². The first-order valence-corrected chi connectivity index (χ1v) is 7.58. The van der Waals surface area contributed by atoms with E-state index in [2.05, 4.69) is 4.98 Å². The number of thiazole rings is 1. The van der Waals surface area contributed by atoms with Crippen LogP contribution in [0.5, 0.6) is 11.5 Å². The topological polar surface area (TPSA) is 57.4 Å². The molecule has 0 bridgehead atoms. The van der Waals surface area contributed by atoms with E-state index in [9.17, 15) is 0 Å². The van der Waals surface area contributed by atoms with Crippen LogP contribution in [-0.4, -0.2) is 19.2 Å². The summed E-state index contributed by atoms with van der Waals surface area (Å²) in [6.45, 7) is 0. The average Bonchev–Trinajstić information content (AvgIpc) is 2.97. The Labute approximate surface area is 133 Å². The zero-order valence-corrected chi connectivity index (χ0v) is 13.2. The van der Waals surface area contributed by atoms with Gasteiger partial charge in [0, 0.05) is 5.56 Å². The molecule has 0 saturated carbocycles. The molecule has 0 spiro atoms. The summed E-state index contributed by atoms with van der Waals surface area (Å²) in [4.78, 5) is 5.53. The summed E-state index contributed by atoms with van der Waals surface area (Å²) in [6.07, 6.45) is 0. The third kappa shape index (κ3) is 2.76. The lowest BCUT2D eigenvalue weighted by Crippen LogP contribution is -1.86. The Morgan fingerprint density at radius 1 is 0.818 bits per heavy atom. The van der Waals surface area contributed by atoms with E-state index in [-0.39, 0.29) is 0 Å². The normalized spacial score (nSPS) is 10.5. The van der Waals surface area contributed by atoms with E-state index in [0.717, 1.165) is 33.2 Å². The first kappa shape index (κ1) is 14.4. The fourth-order valence-corrected chi connectivity index (χ4v) is 3.08. The number of benzene rings is 2. The predicted molar refractivity (Wildman–Crippen MR) is 90.5 cm³/mol. The van der Waals surface area contributed by atoms with E-state index in [1.54, 1.807) is 14.2 Å². The van der Waals surface area contributed by atoms with Gasteiger partial charge in [-0.15, -0.1) is 0 Å². The molecule has 0 atom stereocenters. The maximum Gasteiger partial charge on any atom is 0.181 e. The van der Waals surface area contributed by atoms with Crippen molar-refractivity contribution < 1.29 is 9.47 Å². The molecule has 1 heterocycles. The second-order valence-electron chi connectivity index (χ2n) is 4.69. The standard InChI is InChI=1S/C17H16N2O2S/c1-20-13-7-3-11(4-8-13)15-16(22-17(18)19-15)12-5-9-14(21-2)10-6-12/h3-10H,1-2H3,(H2,18,19). The molecular weight excluding hydrogens is 296 g/mol. The van der Waals surface area contributed by atoms with Crippen LogP contribution >= 0.6 is 11.3 Å². The summed E-state index contributed by atoms with van der Waals surface area (Å²) in [5.74, 6) is 1.64. The number of rotatable bonds is 4. The fourth-order valence-electron chi connectivity index (χ4n) is 2.22. The van der Waals surface area contributed by atoms with Gasteiger partial charge in [-0.1, -0.05) is 11.3 Å². The second-order valence-corrected chi connectivity index (χ2v) is 5.72. The first-order valence-electron chi connectivity index (χ1n) is 6.76. The van der Waals surface area contributed by atoms with Gasteiger partial charge in [0.15, 0.2) is 5.13 Å².